The van der Waals surface area contributed by atoms with Gasteiger partial charge < -0.3 is 10.0 Å². The Morgan fingerprint density at radius 1 is 1.50 bits per heavy atom. The molecule has 1 saturated heterocycles. The lowest BCUT2D eigenvalue weighted by Crippen LogP contribution is -2.50. The maximum atomic E-state index is 11.4. The van der Waals surface area contributed by atoms with Crippen molar-refractivity contribution < 1.29 is 9.90 Å². The number of rotatable bonds is 0. The summed E-state index contributed by atoms with van der Waals surface area (Å²) in [5.74, 6) is 0.0706. The summed E-state index contributed by atoms with van der Waals surface area (Å²) < 4.78 is 0. The lowest BCUT2D eigenvalue weighted by atomic mass is 9.99. The molecule has 0 spiro atoms. The molecule has 1 amide bonds. The van der Waals surface area contributed by atoms with Crippen molar-refractivity contribution in [1.29, 1.82) is 0 Å². The summed E-state index contributed by atoms with van der Waals surface area (Å²) in [7, 11) is 0. The Morgan fingerprint density at radius 2 is 2.08 bits per heavy atom. The van der Waals surface area contributed by atoms with Crippen LogP contribution in [0.4, 0.5) is 0 Å². The summed E-state index contributed by atoms with van der Waals surface area (Å²) in [6.07, 6.45) is 0.580. The normalized spacial score (nSPS) is 26.2. The lowest BCUT2D eigenvalue weighted by Gasteiger charge is -2.39. The Balaban J connectivity index is 2.63. The number of aliphatic hydroxyl groups excluding tert-OH is 1. The van der Waals surface area contributed by atoms with E-state index in [-0.39, 0.29) is 17.9 Å². The summed E-state index contributed by atoms with van der Waals surface area (Å²) >= 11 is 0. The van der Waals surface area contributed by atoms with Gasteiger partial charge in [-0.25, -0.2) is 0 Å². The highest BCUT2D eigenvalue weighted by Gasteiger charge is 2.31. The highest BCUT2D eigenvalue weighted by atomic mass is 16.3. The van der Waals surface area contributed by atoms with Crippen molar-refractivity contribution in [3.8, 4) is 0 Å². The summed E-state index contributed by atoms with van der Waals surface area (Å²) in [5.41, 5.74) is -0.1000. The Bertz CT molecular complexity index is 183. The standard InChI is InChI=1S/C9H17NO2/c1-9(2,3)10-5-4-7(11)6-8(10)12/h7,11H,4-6H2,1-3H3/t7-/m1/s1. The first-order chi connectivity index (χ1) is 5.41. The van der Waals surface area contributed by atoms with Crippen LogP contribution in [-0.2, 0) is 4.79 Å². The number of aliphatic hydroxyl groups is 1. The maximum Gasteiger partial charge on any atom is 0.225 e. The molecule has 1 fully saturated rings. The molecule has 70 valence electrons. The molecule has 0 aromatic heterocycles. The average Bonchev–Trinajstić information content (AvgIpc) is 1.83. The number of amides is 1. The Hall–Kier alpha value is -0.570. The zero-order valence-electron chi connectivity index (χ0n) is 8.00. The van der Waals surface area contributed by atoms with Gasteiger partial charge in [-0.3, -0.25) is 4.79 Å². The van der Waals surface area contributed by atoms with Gasteiger partial charge in [-0.1, -0.05) is 0 Å². The summed E-state index contributed by atoms with van der Waals surface area (Å²) in [5, 5.41) is 9.22. The number of hydrogen-bond acceptors (Lipinski definition) is 2. The van der Waals surface area contributed by atoms with Crippen molar-refractivity contribution in [2.45, 2.75) is 45.3 Å². The van der Waals surface area contributed by atoms with Gasteiger partial charge in [0.1, 0.15) is 0 Å². The molecule has 0 aromatic carbocycles. The van der Waals surface area contributed by atoms with Crippen LogP contribution in [0.1, 0.15) is 33.6 Å². The number of likely N-dealkylation sites (tertiary alicyclic amines) is 1. The molecule has 0 radical (unpaired) electrons. The summed E-state index contributed by atoms with van der Waals surface area (Å²) in [6.45, 7) is 6.73. The number of carbonyl (C=O) groups is 1. The van der Waals surface area contributed by atoms with E-state index < -0.39 is 6.10 Å². The van der Waals surface area contributed by atoms with Crippen LogP contribution in [0.15, 0.2) is 0 Å². The van der Waals surface area contributed by atoms with E-state index in [9.17, 15) is 9.90 Å². The SMILES string of the molecule is CC(C)(C)N1CC[C@@H](O)CC1=O. The van der Waals surface area contributed by atoms with E-state index in [4.69, 9.17) is 0 Å². The Morgan fingerprint density at radius 3 is 2.50 bits per heavy atom. The van der Waals surface area contributed by atoms with Crippen molar-refractivity contribution in [1.82, 2.24) is 4.90 Å². The molecule has 0 aliphatic carbocycles. The monoisotopic (exact) mass is 171 g/mol. The van der Waals surface area contributed by atoms with Crippen LogP contribution in [0.3, 0.4) is 0 Å². The van der Waals surface area contributed by atoms with Crippen LogP contribution < -0.4 is 0 Å². The topological polar surface area (TPSA) is 40.5 Å². The van der Waals surface area contributed by atoms with Crippen molar-refractivity contribution >= 4 is 5.91 Å². The number of piperidine rings is 1. The Labute approximate surface area is 73.4 Å². The third-order valence-electron chi connectivity index (χ3n) is 2.21. The second kappa shape index (κ2) is 3.05. The molecule has 0 bridgehead atoms. The highest BCUT2D eigenvalue weighted by Crippen LogP contribution is 2.20. The molecule has 1 heterocycles. The highest BCUT2D eigenvalue weighted by molar-refractivity contribution is 5.78. The molecule has 1 atom stereocenters. The van der Waals surface area contributed by atoms with Gasteiger partial charge in [0.2, 0.25) is 5.91 Å². The molecule has 12 heavy (non-hydrogen) atoms. The zero-order chi connectivity index (χ0) is 9.35. The quantitative estimate of drug-likeness (QED) is 0.584. The van der Waals surface area contributed by atoms with E-state index in [1.54, 1.807) is 0 Å². The third-order valence-corrected chi connectivity index (χ3v) is 2.21. The van der Waals surface area contributed by atoms with E-state index in [1.807, 2.05) is 25.7 Å². The van der Waals surface area contributed by atoms with Gasteiger partial charge >= 0.3 is 0 Å². The van der Waals surface area contributed by atoms with Gasteiger partial charge in [0.25, 0.3) is 0 Å². The largest absolute Gasteiger partial charge is 0.393 e. The molecular formula is C9H17NO2. The Kier molecular flexibility index (Phi) is 2.42. The molecule has 1 aliphatic heterocycles. The third kappa shape index (κ3) is 1.97. The van der Waals surface area contributed by atoms with E-state index in [2.05, 4.69) is 0 Å². The first-order valence-corrected chi connectivity index (χ1v) is 4.40. The van der Waals surface area contributed by atoms with Crippen molar-refractivity contribution in [3.05, 3.63) is 0 Å². The fraction of sp³-hybridized carbons (Fsp3) is 0.889. The minimum atomic E-state index is -0.420. The zero-order valence-corrected chi connectivity index (χ0v) is 8.00. The fourth-order valence-electron chi connectivity index (χ4n) is 1.53. The van der Waals surface area contributed by atoms with Gasteiger partial charge in [0.15, 0.2) is 0 Å². The van der Waals surface area contributed by atoms with Crippen LogP contribution in [0.2, 0.25) is 0 Å². The molecule has 0 saturated carbocycles. The van der Waals surface area contributed by atoms with Crippen molar-refractivity contribution in [2.24, 2.45) is 0 Å². The minimum Gasteiger partial charge on any atom is -0.393 e. The molecular weight excluding hydrogens is 154 g/mol. The molecule has 1 rings (SSSR count). The van der Waals surface area contributed by atoms with Crippen LogP contribution in [-0.4, -0.2) is 34.1 Å². The average molecular weight is 171 g/mol. The van der Waals surface area contributed by atoms with Crippen LogP contribution >= 0.6 is 0 Å². The van der Waals surface area contributed by atoms with E-state index in [0.29, 0.717) is 13.0 Å². The fourth-order valence-corrected chi connectivity index (χ4v) is 1.53. The van der Waals surface area contributed by atoms with Crippen LogP contribution in [0.25, 0.3) is 0 Å². The first-order valence-electron chi connectivity index (χ1n) is 4.40. The van der Waals surface area contributed by atoms with Crippen LogP contribution in [0.5, 0.6) is 0 Å². The number of hydrogen-bond donors (Lipinski definition) is 1. The van der Waals surface area contributed by atoms with Crippen LogP contribution in [0, 0.1) is 0 Å². The molecule has 0 unspecified atom stereocenters. The van der Waals surface area contributed by atoms with Crippen molar-refractivity contribution in [3.63, 3.8) is 0 Å². The summed E-state index contributed by atoms with van der Waals surface area (Å²) in [4.78, 5) is 13.3. The first kappa shape index (κ1) is 9.52. The molecule has 3 heteroatoms. The molecule has 3 nitrogen and oxygen atoms in total. The second-order valence-corrected chi connectivity index (χ2v) is 4.36. The predicted molar refractivity (Wildman–Crippen MR) is 46.7 cm³/mol. The lowest BCUT2D eigenvalue weighted by molar-refractivity contribution is -0.142. The van der Waals surface area contributed by atoms with Crippen molar-refractivity contribution in [2.75, 3.05) is 6.54 Å². The van der Waals surface area contributed by atoms with Gasteiger partial charge in [-0.05, 0) is 27.2 Å². The molecule has 0 aromatic rings. The van der Waals surface area contributed by atoms with Gasteiger partial charge in [-0.2, -0.15) is 0 Å². The minimum absolute atomic E-state index is 0.0706. The second-order valence-electron chi connectivity index (χ2n) is 4.36. The number of carbonyl (C=O) groups excluding carboxylic acids is 1. The van der Waals surface area contributed by atoms with E-state index in [0.717, 1.165) is 0 Å². The number of nitrogens with zero attached hydrogens (tertiary/aromatic N) is 1. The maximum absolute atomic E-state index is 11.4. The van der Waals surface area contributed by atoms with Gasteiger partial charge in [0, 0.05) is 12.1 Å². The molecule has 1 N–H and O–H groups in total. The van der Waals surface area contributed by atoms with Gasteiger partial charge in [0.05, 0.1) is 12.5 Å². The van der Waals surface area contributed by atoms with E-state index >= 15 is 0 Å². The van der Waals surface area contributed by atoms with E-state index in [1.165, 1.54) is 0 Å². The summed E-state index contributed by atoms with van der Waals surface area (Å²) in [6, 6.07) is 0. The van der Waals surface area contributed by atoms with Gasteiger partial charge in [-0.15, -0.1) is 0 Å². The molecule has 1 aliphatic rings. The predicted octanol–water partition coefficient (Wildman–Crippen LogP) is 0.768. The smallest absolute Gasteiger partial charge is 0.225 e.